The second kappa shape index (κ2) is 6.35. The van der Waals surface area contributed by atoms with Gasteiger partial charge in [0.15, 0.2) is 0 Å². The third-order valence-corrected chi connectivity index (χ3v) is 5.53. The summed E-state index contributed by atoms with van der Waals surface area (Å²) in [7, 11) is 0. The Balaban J connectivity index is 1.50. The van der Waals surface area contributed by atoms with E-state index >= 15 is 0 Å². The maximum atomic E-state index is 12.0. The summed E-state index contributed by atoms with van der Waals surface area (Å²) in [4.78, 5) is 18.7. The van der Waals surface area contributed by atoms with Crippen molar-refractivity contribution in [2.45, 2.75) is 63.4 Å². The molecule has 2 aliphatic rings. The summed E-state index contributed by atoms with van der Waals surface area (Å²) < 4.78 is 1.42. The summed E-state index contributed by atoms with van der Waals surface area (Å²) in [6, 6.07) is 8.01. The second-order valence-electron chi connectivity index (χ2n) is 7.52. The summed E-state index contributed by atoms with van der Waals surface area (Å²) in [5.41, 5.74) is 0.993. The number of aromatic nitrogens is 3. The highest BCUT2D eigenvalue weighted by molar-refractivity contribution is 5.11. The molecule has 2 atom stereocenters. The van der Waals surface area contributed by atoms with E-state index in [0.29, 0.717) is 24.9 Å². The molecule has 0 aromatic carbocycles. The average Bonchev–Trinajstić information content (AvgIpc) is 2.83. The number of piperidine rings is 1. The predicted molar refractivity (Wildman–Crippen MR) is 94.0 cm³/mol. The van der Waals surface area contributed by atoms with Crippen molar-refractivity contribution in [3.63, 3.8) is 0 Å². The van der Waals surface area contributed by atoms with Gasteiger partial charge in [-0.1, -0.05) is 6.07 Å². The molecule has 25 heavy (non-hydrogen) atoms. The van der Waals surface area contributed by atoms with E-state index in [1.54, 1.807) is 12.3 Å². The third-order valence-electron chi connectivity index (χ3n) is 5.53. The maximum absolute atomic E-state index is 12.0. The van der Waals surface area contributed by atoms with Gasteiger partial charge in [0.05, 0.1) is 17.8 Å². The highest BCUT2D eigenvalue weighted by Crippen LogP contribution is 2.42. The lowest BCUT2D eigenvalue weighted by atomic mass is 9.85. The number of hydrogen-bond donors (Lipinski definition) is 1. The van der Waals surface area contributed by atoms with Crippen LogP contribution >= 0.6 is 0 Å². The zero-order valence-corrected chi connectivity index (χ0v) is 14.5. The van der Waals surface area contributed by atoms with Gasteiger partial charge in [0, 0.05) is 37.1 Å². The summed E-state index contributed by atoms with van der Waals surface area (Å²) in [6.07, 6.45) is 7.28. The lowest BCUT2D eigenvalue weighted by molar-refractivity contribution is -0.0678. The molecule has 6 heteroatoms. The first-order valence-electron chi connectivity index (χ1n) is 8.94. The van der Waals surface area contributed by atoms with Crippen LogP contribution in [0.2, 0.25) is 0 Å². The molecule has 0 radical (unpaired) electrons. The molecule has 2 saturated heterocycles. The van der Waals surface area contributed by atoms with Gasteiger partial charge in [0.1, 0.15) is 0 Å². The van der Waals surface area contributed by atoms with E-state index in [9.17, 15) is 9.90 Å². The summed E-state index contributed by atoms with van der Waals surface area (Å²) in [5, 5.41) is 15.5. The number of hydrogen-bond acceptors (Lipinski definition) is 5. The Morgan fingerprint density at radius 3 is 2.68 bits per heavy atom. The molecule has 0 aliphatic carbocycles. The van der Waals surface area contributed by atoms with Crippen LogP contribution < -0.4 is 5.56 Å². The van der Waals surface area contributed by atoms with Crippen molar-refractivity contribution < 1.29 is 5.11 Å². The quantitative estimate of drug-likeness (QED) is 0.913. The highest BCUT2D eigenvalue weighted by atomic mass is 16.3. The van der Waals surface area contributed by atoms with Gasteiger partial charge in [-0.3, -0.25) is 14.7 Å². The number of nitrogens with zero attached hydrogens (tertiary/aromatic N) is 4. The first kappa shape index (κ1) is 16.4. The van der Waals surface area contributed by atoms with Gasteiger partial charge in [-0.25, -0.2) is 4.68 Å². The number of aliphatic hydroxyl groups is 1. The molecule has 4 heterocycles. The highest BCUT2D eigenvalue weighted by Gasteiger charge is 2.47. The summed E-state index contributed by atoms with van der Waals surface area (Å²) in [5.74, 6) is 0. The Morgan fingerprint density at radius 2 is 2.00 bits per heavy atom. The zero-order chi connectivity index (χ0) is 17.4. The minimum Gasteiger partial charge on any atom is -0.388 e. The van der Waals surface area contributed by atoms with Crippen LogP contribution in [0.4, 0.5) is 0 Å². The van der Waals surface area contributed by atoms with Gasteiger partial charge in [-0.2, -0.15) is 5.10 Å². The molecule has 6 nitrogen and oxygen atoms in total. The fourth-order valence-electron chi connectivity index (χ4n) is 4.45. The number of rotatable bonds is 4. The van der Waals surface area contributed by atoms with E-state index in [0.717, 1.165) is 25.1 Å². The van der Waals surface area contributed by atoms with Crippen LogP contribution in [-0.4, -0.2) is 42.5 Å². The van der Waals surface area contributed by atoms with Crippen LogP contribution in [0.25, 0.3) is 0 Å². The monoisotopic (exact) mass is 340 g/mol. The molecule has 2 aromatic heterocycles. The molecule has 2 aromatic rings. The fourth-order valence-corrected chi connectivity index (χ4v) is 4.45. The third kappa shape index (κ3) is 3.37. The lowest BCUT2D eigenvalue weighted by Crippen LogP contribution is -2.53. The standard InChI is InChI=1S/C19H24N4O2/c1-14-4-7-18(24)23(21-14)13-19(25)9-16-5-6-17(10-19)22(16)12-15-3-2-8-20-11-15/h2-4,7-8,11,16-17,25H,5-6,9-10,12-13H2,1H3/t16-,17-/m1/s1. The van der Waals surface area contributed by atoms with Crippen molar-refractivity contribution in [1.29, 1.82) is 0 Å². The SMILES string of the molecule is Cc1ccc(=O)n(CC2(O)C[C@H]3CC[C@H](C2)N3Cc2cccnc2)n1. The Bertz CT molecular complexity index is 791. The Hall–Kier alpha value is -2.05. The number of pyridine rings is 1. The minimum absolute atomic E-state index is 0.149. The van der Waals surface area contributed by atoms with Crippen molar-refractivity contribution in [3.8, 4) is 0 Å². The topological polar surface area (TPSA) is 71.2 Å². The molecule has 0 unspecified atom stereocenters. The Kier molecular flexibility index (Phi) is 4.17. The predicted octanol–water partition coefficient (Wildman–Crippen LogP) is 1.50. The molecule has 132 valence electrons. The second-order valence-corrected chi connectivity index (χ2v) is 7.52. The van der Waals surface area contributed by atoms with Crippen LogP contribution in [0.3, 0.4) is 0 Å². The van der Waals surface area contributed by atoms with Gasteiger partial charge in [-0.05, 0) is 50.3 Å². The van der Waals surface area contributed by atoms with Gasteiger partial charge < -0.3 is 5.11 Å². The normalized spacial score (nSPS) is 29.0. The smallest absolute Gasteiger partial charge is 0.266 e. The van der Waals surface area contributed by atoms with Gasteiger partial charge in [0.2, 0.25) is 0 Å². The molecular formula is C19H24N4O2. The zero-order valence-electron chi connectivity index (χ0n) is 14.5. The van der Waals surface area contributed by atoms with Crippen molar-refractivity contribution in [3.05, 3.63) is 58.3 Å². The van der Waals surface area contributed by atoms with Crippen LogP contribution in [0, 0.1) is 6.92 Å². The molecule has 2 aliphatic heterocycles. The molecule has 0 spiro atoms. The van der Waals surface area contributed by atoms with Crippen LogP contribution in [-0.2, 0) is 13.1 Å². The van der Waals surface area contributed by atoms with E-state index in [4.69, 9.17) is 0 Å². The maximum Gasteiger partial charge on any atom is 0.266 e. The van der Waals surface area contributed by atoms with E-state index in [1.807, 2.05) is 19.2 Å². The molecular weight excluding hydrogens is 316 g/mol. The van der Waals surface area contributed by atoms with Crippen molar-refractivity contribution in [1.82, 2.24) is 19.7 Å². The van der Waals surface area contributed by atoms with Gasteiger partial charge >= 0.3 is 0 Å². The van der Waals surface area contributed by atoms with E-state index < -0.39 is 5.60 Å². The molecule has 2 bridgehead atoms. The molecule has 4 rings (SSSR count). The van der Waals surface area contributed by atoms with Crippen molar-refractivity contribution in [2.75, 3.05) is 0 Å². The fraction of sp³-hybridized carbons (Fsp3) is 0.526. The summed E-state index contributed by atoms with van der Waals surface area (Å²) in [6.45, 7) is 3.02. The Labute approximate surface area is 147 Å². The van der Waals surface area contributed by atoms with E-state index in [-0.39, 0.29) is 12.1 Å². The number of aryl methyl sites for hydroxylation is 1. The lowest BCUT2D eigenvalue weighted by Gasteiger charge is -2.43. The van der Waals surface area contributed by atoms with Gasteiger partial charge in [-0.15, -0.1) is 0 Å². The molecule has 2 fully saturated rings. The molecule has 0 saturated carbocycles. The van der Waals surface area contributed by atoms with Crippen LogP contribution in [0.5, 0.6) is 0 Å². The van der Waals surface area contributed by atoms with Gasteiger partial charge in [0.25, 0.3) is 5.56 Å². The first-order valence-corrected chi connectivity index (χ1v) is 8.94. The van der Waals surface area contributed by atoms with E-state index in [2.05, 4.69) is 21.0 Å². The van der Waals surface area contributed by atoms with Crippen LogP contribution in [0.15, 0.2) is 41.5 Å². The van der Waals surface area contributed by atoms with Crippen molar-refractivity contribution in [2.24, 2.45) is 0 Å². The molecule has 1 N–H and O–H groups in total. The number of fused-ring (bicyclic) bond motifs is 2. The van der Waals surface area contributed by atoms with Crippen LogP contribution in [0.1, 0.15) is 36.9 Å². The van der Waals surface area contributed by atoms with Crippen molar-refractivity contribution >= 4 is 0 Å². The average molecular weight is 340 g/mol. The minimum atomic E-state index is -0.859. The molecule has 0 amide bonds. The van der Waals surface area contributed by atoms with E-state index in [1.165, 1.54) is 16.3 Å². The first-order chi connectivity index (χ1) is 12.0. The Morgan fingerprint density at radius 1 is 1.24 bits per heavy atom. The largest absolute Gasteiger partial charge is 0.388 e. The summed E-state index contributed by atoms with van der Waals surface area (Å²) >= 11 is 0.